The van der Waals surface area contributed by atoms with Gasteiger partial charge in [-0.3, -0.25) is 0 Å². The molecular formula is C23H17F5N2O4S2. The van der Waals surface area contributed by atoms with E-state index in [2.05, 4.69) is 0 Å². The topological polar surface area (TPSA) is 85.2 Å². The molecule has 0 amide bonds. The minimum Gasteiger partial charge on any atom is -0.327 e. The number of aromatic nitrogens is 1. The van der Waals surface area contributed by atoms with Crippen molar-refractivity contribution in [3.8, 4) is 0 Å². The Morgan fingerprint density at radius 3 is 2.14 bits per heavy atom. The van der Waals surface area contributed by atoms with Crippen LogP contribution in [0.25, 0.3) is 10.9 Å². The molecule has 0 fully saturated rings. The van der Waals surface area contributed by atoms with Crippen LogP contribution in [0.4, 0.5) is 22.0 Å². The average Bonchev–Trinajstić information content (AvgIpc) is 3.17. The Kier molecular flexibility index (Phi) is 6.66. The number of halogens is 5. The van der Waals surface area contributed by atoms with E-state index in [4.69, 9.17) is 0 Å². The van der Waals surface area contributed by atoms with E-state index in [1.807, 2.05) is 0 Å². The Bertz CT molecular complexity index is 1650. The molecule has 1 heterocycles. The Labute approximate surface area is 203 Å². The standard InChI is InChI=1S/C23H17F5N2O4S2/c24-18-7-10-21-17(11-18)12-22(30(21)14-16-3-1-2-4-20(16)25)35(31,32)19-8-5-15(6-9-19)13-29-36(33,34)23(26,27)28/h1-12,29H,13-14H2. The van der Waals surface area contributed by atoms with Crippen molar-refractivity contribution in [1.29, 1.82) is 0 Å². The largest absolute Gasteiger partial charge is 0.511 e. The molecule has 0 radical (unpaired) electrons. The van der Waals surface area contributed by atoms with Crippen molar-refractivity contribution in [2.24, 2.45) is 0 Å². The number of fused-ring (bicyclic) bond motifs is 1. The van der Waals surface area contributed by atoms with Gasteiger partial charge in [0.25, 0.3) is 0 Å². The second-order valence-electron chi connectivity index (χ2n) is 7.78. The van der Waals surface area contributed by atoms with Crippen LogP contribution in [0.15, 0.2) is 82.7 Å². The second-order valence-corrected chi connectivity index (χ2v) is 11.4. The van der Waals surface area contributed by atoms with Crippen molar-refractivity contribution >= 4 is 30.8 Å². The number of benzene rings is 3. The van der Waals surface area contributed by atoms with Gasteiger partial charge in [-0.15, -0.1) is 0 Å². The lowest BCUT2D eigenvalue weighted by Crippen LogP contribution is -2.35. The first kappa shape index (κ1) is 25.8. The molecule has 1 N–H and O–H groups in total. The van der Waals surface area contributed by atoms with E-state index in [-0.39, 0.29) is 33.0 Å². The Balaban J connectivity index is 1.71. The summed E-state index contributed by atoms with van der Waals surface area (Å²) in [5.41, 5.74) is -4.86. The second kappa shape index (κ2) is 9.30. The highest BCUT2D eigenvalue weighted by Gasteiger charge is 2.45. The van der Waals surface area contributed by atoms with Crippen LogP contribution in [0.3, 0.4) is 0 Å². The molecular weight excluding hydrogens is 527 g/mol. The Hall–Kier alpha value is -3.29. The highest BCUT2D eigenvalue weighted by atomic mass is 32.2. The van der Waals surface area contributed by atoms with Gasteiger partial charge < -0.3 is 4.57 Å². The van der Waals surface area contributed by atoms with E-state index < -0.39 is 43.5 Å². The molecule has 0 aliphatic carbocycles. The Morgan fingerprint density at radius 1 is 0.833 bits per heavy atom. The number of nitrogens with zero attached hydrogens (tertiary/aromatic N) is 1. The highest BCUT2D eigenvalue weighted by molar-refractivity contribution is 7.91. The van der Waals surface area contributed by atoms with Crippen molar-refractivity contribution in [2.45, 2.75) is 28.5 Å². The zero-order valence-electron chi connectivity index (χ0n) is 18.1. The number of hydrogen-bond donors (Lipinski definition) is 1. The van der Waals surface area contributed by atoms with Gasteiger partial charge in [0.2, 0.25) is 9.84 Å². The fourth-order valence-corrected chi connectivity index (χ4v) is 5.56. The third kappa shape index (κ3) is 4.99. The molecule has 0 saturated carbocycles. The highest BCUT2D eigenvalue weighted by Crippen LogP contribution is 2.30. The summed E-state index contributed by atoms with van der Waals surface area (Å²) in [5, 5.41) is 0.0139. The van der Waals surface area contributed by atoms with Gasteiger partial charge in [0.15, 0.2) is 0 Å². The first-order valence-electron chi connectivity index (χ1n) is 10.2. The summed E-state index contributed by atoms with van der Waals surface area (Å²) >= 11 is 0. The fraction of sp³-hybridized carbons (Fsp3) is 0.130. The molecule has 36 heavy (non-hydrogen) atoms. The van der Waals surface area contributed by atoms with Gasteiger partial charge in [-0.1, -0.05) is 30.3 Å². The lowest BCUT2D eigenvalue weighted by Gasteiger charge is -2.13. The number of nitrogens with one attached hydrogen (secondary N) is 1. The smallest absolute Gasteiger partial charge is 0.327 e. The van der Waals surface area contributed by atoms with Crippen LogP contribution in [-0.4, -0.2) is 26.9 Å². The van der Waals surface area contributed by atoms with E-state index in [1.165, 1.54) is 39.6 Å². The van der Waals surface area contributed by atoms with Crippen LogP contribution in [0.5, 0.6) is 0 Å². The van der Waals surface area contributed by atoms with Gasteiger partial charge in [0.05, 0.1) is 11.4 Å². The van der Waals surface area contributed by atoms with E-state index in [1.54, 1.807) is 6.07 Å². The molecule has 190 valence electrons. The van der Waals surface area contributed by atoms with Gasteiger partial charge in [-0.25, -0.2) is 30.3 Å². The predicted octanol–water partition coefficient (Wildman–Crippen LogP) is 4.74. The molecule has 0 aliphatic heterocycles. The summed E-state index contributed by atoms with van der Waals surface area (Å²) in [7, 11) is -9.83. The summed E-state index contributed by atoms with van der Waals surface area (Å²) in [6.07, 6.45) is 0. The van der Waals surface area contributed by atoms with Crippen LogP contribution in [0.2, 0.25) is 0 Å². The van der Waals surface area contributed by atoms with Gasteiger partial charge in [0, 0.05) is 23.0 Å². The van der Waals surface area contributed by atoms with Gasteiger partial charge in [-0.05, 0) is 48.0 Å². The maximum atomic E-state index is 14.3. The van der Waals surface area contributed by atoms with Crippen molar-refractivity contribution < 1.29 is 38.8 Å². The minimum absolute atomic E-state index is 0.0794. The summed E-state index contributed by atoms with van der Waals surface area (Å²) in [5.74, 6) is -1.16. The molecule has 4 rings (SSSR count). The first-order chi connectivity index (χ1) is 16.8. The lowest BCUT2D eigenvalue weighted by atomic mass is 10.2. The lowest BCUT2D eigenvalue weighted by molar-refractivity contribution is -0.0448. The molecule has 13 heteroatoms. The average molecular weight is 545 g/mol. The molecule has 1 aromatic heterocycles. The van der Waals surface area contributed by atoms with Crippen LogP contribution >= 0.6 is 0 Å². The monoisotopic (exact) mass is 544 g/mol. The van der Waals surface area contributed by atoms with E-state index in [0.717, 1.165) is 36.4 Å². The van der Waals surface area contributed by atoms with Crippen molar-refractivity contribution in [1.82, 2.24) is 9.29 Å². The molecule has 4 aromatic rings. The molecule has 0 saturated heterocycles. The van der Waals surface area contributed by atoms with Crippen LogP contribution in [0.1, 0.15) is 11.1 Å². The van der Waals surface area contributed by atoms with E-state index in [0.29, 0.717) is 5.52 Å². The van der Waals surface area contributed by atoms with Crippen molar-refractivity contribution in [3.05, 3.63) is 95.6 Å². The Morgan fingerprint density at radius 2 is 1.50 bits per heavy atom. The summed E-state index contributed by atoms with van der Waals surface area (Å²) in [6, 6.07) is 15.2. The van der Waals surface area contributed by atoms with E-state index >= 15 is 0 Å². The maximum Gasteiger partial charge on any atom is 0.511 e. The predicted molar refractivity (Wildman–Crippen MR) is 121 cm³/mol. The van der Waals surface area contributed by atoms with Crippen molar-refractivity contribution in [2.75, 3.05) is 0 Å². The SMILES string of the molecule is O=S(=O)(c1ccc(CNS(=O)(=O)C(F)(F)F)cc1)c1cc2cc(F)ccc2n1Cc1ccccc1F. The maximum absolute atomic E-state index is 14.3. The molecule has 6 nitrogen and oxygen atoms in total. The fourth-order valence-electron chi connectivity index (χ4n) is 3.57. The molecule has 3 aromatic carbocycles. The van der Waals surface area contributed by atoms with Crippen LogP contribution < -0.4 is 4.72 Å². The quantitative estimate of drug-likeness (QED) is 0.341. The summed E-state index contributed by atoms with van der Waals surface area (Å²) < 4.78 is 118. The van der Waals surface area contributed by atoms with Gasteiger partial charge >= 0.3 is 15.5 Å². The van der Waals surface area contributed by atoms with Crippen LogP contribution in [-0.2, 0) is 33.0 Å². The number of alkyl halides is 3. The minimum atomic E-state index is -5.57. The van der Waals surface area contributed by atoms with Gasteiger partial charge in [0.1, 0.15) is 16.7 Å². The number of sulfonamides is 1. The third-order valence-corrected chi connectivity index (χ3v) is 8.31. The number of sulfone groups is 1. The number of hydrogen-bond acceptors (Lipinski definition) is 4. The third-order valence-electron chi connectivity index (χ3n) is 5.39. The molecule has 0 unspecified atom stereocenters. The molecule has 0 atom stereocenters. The summed E-state index contributed by atoms with van der Waals surface area (Å²) in [4.78, 5) is -0.247. The molecule has 0 spiro atoms. The molecule has 0 bridgehead atoms. The zero-order valence-corrected chi connectivity index (χ0v) is 19.8. The zero-order chi connectivity index (χ0) is 26.3. The van der Waals surface area contributed by atoms with Crippen LogP contribution in [0, 0.1) is 11.6 Å². The molecule has 0 aliphatic rings. The first-order valence-corrected chi connectivity index (χ1v) is 13.2. The van der Waals surface area contributed by atoms with Gasteiger partial charge in [-0.2, -0.15) is 13.2 Å². The van der Waals surface area contributed by atoms with Crippen molar-refractivity contribution in [3.63, 3.8) is 0 Å². The summed E-state index contributed by atoms with van der Waals surface area (Å²) in [6.45, 7) is -0.886. The normalized spacial score (nSPS) is 12.8. The van der Waals surface area contributed by atoms with E-state index in [9.17, 15) is 38.8 Å². The number of rotatable bonds is 7.